The normalized spacial score (nSPS) is 10.9. The van der Waals surface area contributed by atoms with E-state index in [1.165, 1.54) is 43.5 Å². The minimum atomic E-state index is -3.95. The Morgan fingerprint density at radius 2 is 1.68 bits per heavy atom. The van der Waals surface area contributed by atoms with Crippen molar-refractivity contribution in [3.8, 4) is 5.75 Å². The monoisotopic (exact) mass is 400 g/mol. The highest BCUT2D eigenvalue weighted by molar-refractivity contribution is 7.92. The fourth-order valence-corrected chi connectivity index (χ4v) is 3.58. The largest absolute Gasteiger partial charge is 0.495 e. The lowest BCUT2D eigenvalue weighted by molar-refractivity contribution is 0.102. The maximum atomic E-state index is 13.0. The van der Waals surface area contributed by atoms with E-state index in [0.29, 0.717) is 11.4 Å². The summed E-state index contributed by atoms with van der Waals surface area (Å²) in [6.07, 6.45) is 0. The summed E-state index contributed by atoms with van der Waals surface area (Å²) in [5.41, 5.74) is 0.839. The first-order valence-corrected chi connectivity index (χ1v) is 9.70. The molecule has 0 aliphatic rings. The minimum Gasteiger partial charge on any atom is -0.495 e. The van der Waals surface area contributed by atoms with Crippen LogP contribution >= 0.6 is 0 Å². The molecule has 8 heteroatoms. The summed E-state index contributed by atoms with van der Waals surface area (Å²) in [5, 5.41) is 2.69. The van der Waals surface area contributed by atoms with Crippen molar-refractivity contribution in [1.82, 2.24) is 0 Å². The van der Waals surface area contributed by atoms with Crippen LogP contribution in [0.15, 0.2) is 77.7 Å². The Hall–Kier alpha value is -3.39. The molecule has 0 aromatic heterocycles. The molecule has 3 aromatic carbocycles. The molecule has 0 radical (unpaired) electrons. The highest BCUT2D eigenvalue weighted by atomic mass is 32.2. The van der Waals surface area contributed by atoms with Gasteiger partial charge < -0.3 is 10.1 Å². The molecule has 3 rings (SSSR count). The Kier molecular flexibility index (Phi) is 5.60. The van der Waals surface area contributed by atoms with Gasteiger partial charge in [0.05, 0.1) is 17.7 Å². The van der Waals surface area contributed by atoms with E-state index in [1.54, 1.807) is 24.3 Å². The summed E-state index contributed by atoms with van der Waals surface area (Å²) in [7, 11) is -2.46. The number of amides is 1. The van der Waals surface area contributed by atoms with Crippen LogP contribution < -0.4 is 14.8 Å². The molecule has 6 nitrogen and oxygen atoms in total. The second-order valence-corrected chi connectivity index (χ2v) is 7.48. The predicted octanol–water partition coefficient (Wildman–Crippen LogP) is 3.89. The van der Waals surface area contributed by atoms with E-state index < -0.39 is 21.7 Å². The van der Waals surface area contributed by atoms with Gasteiger partial charge in [-0.1, -0.05) is 18.2 Å². The Morgan fingerprint density at radius 3 is 2.39 bits per heavy atom. The molecule has 0 saturated carbocycles. The van der Waals surface area contributed by atoms with Crippen LogP contribution in [0.3, 0.4) is 0 Å². The molecule has 1 amide bonds. The van der Waals surface area contributed by atoms with Crippen LogP contribution in [0.4, 0.5) is 15.8 Å². The van der Waals surface area contributed by atoms with E-state index in [4.69, 9.17) is 4.74 Å². The van der Waals surface area contributed by atoms with Gasteiger partial charge in [0, 0.05) is 11.3 Å². The topological polar surface area (TPSA) is 84.5 Å². The van der Waals surface area contributed by atoms with Crippen molar-refractivity contribution < 1.29 is 22.3 Å². The van der Waals surface area contributed by atoms with E-state index >= 15 is 0 Å². The number of carbonyl (C=O) groups excluding carboxylic acids is 1. The van der Waals surface area contributed by atoms with Crippen molar-refractivity contribution >= 4 is 27.3 Å². The van der Waals surface area contributed by atoms with Crippen LogP contribution in [0.1, 0.15) is 10.4 Å². The van der Waals surface area contributed by atoms with E-state index in [9.17, 15) is 17.6 Å². The summed E-state index contributed by atoms with van der Waals surface area (Å²) in [4.78, 5) is 12.4. The van der Waals surface area contributed by atoms with Gasteiger partial charge >= 0.3 is 0 Å². The number of benzene rings is 3. The van der Waals surface area contributed by atoms with Crippen molar-refractivity contribution in [3.63, 3.8) is 0 Å². The number of rotatable bonds is 6. The number of para-hydroxylation sites is 2. The summed E-state index contributed by atoms with van der Waals surface area (Å²) in [6, 6.07) is 17.4. The van der Waals surface area contributed by atoms with Crippen molar-refractivity contribution in [2.24, 2.45) is 0 Å². The average Bonchev–Trinajstić information content (AvgIpc) is 2.70. The first-order chi connectivity index (χ1) is 13.4. The molecule has 0 atom stereocenters. The van der Waals surface area contributed by atoms with Crippen molar-refractivity contribution in [2.45, 2.75) is 4.90 Å². The van der Waals surface area contributed by atoms with Gasteiger partial charge in [-0.3, -0.25) is 9.52 Å². The Bertz CT molecular complexity index is 1100. The van der Waals surface area contributed by atoms with E-state index in [0.717, 1.165) is 12.1 Å². The quantitative estimate of drug-likeness (QED) is 0.658. The number of sulfonamides is 1. The summed E-state index contributed by atoms with van der Waals surface area (Å²) in [6.45, 7) is 0. The Labute approximate surface area is 162 Å². The third-order valence-corrected chi connectivity index (χ3v) is 5.24. The SMILES string of the molecule is COc1ccccc1NC(=O)c1cccc(S(=O)(=O)Nc2ccc(F)cc2)c1. The fraction of sp³-hybridized carbons (Fsp3) is 0.0500. The van der Waals surface area contributed by atoms with Crippen molar-refractivity contribution in [3.05, 3.63) is 84.2 Å². The number of nitrogens with one attached hydrogen (secondary N) is 2. The summed E-state index contributed by atoms with van der Waals surface area (Å²) >= 11 is 0. The number of anilines is 2. The zero-order valence-corrected chi connectivity index (χ0v) is 15.7. The van der Waals surface area contributed by atoms with Crippen LogP contribution in [0, 0.1) is 5.82 Å². The second kappa shape index (κ2) is 8.10. The molecule has 0 aliphatic heterocycles. The number of methoxy groups -OCH3 is 1. The molecule has 144 valence electrons. The minimum absolute atomic E-state index is 0.0931. The van der Waals surface area contributed by atoms with Gasteiger partial charge in [0.1, 0.15) is 11.6 Å². The average molecular weight is 400 g/mol. The molecule has 0 unspecified atom stereocenters. The van der Waals surface area contributed by atoms with Crippen LogP contribution in [-0.2, 0) is 10.0 Å². The predicted molar refractivity (Wildman–Crippen MR) is 105 cm³/mol. The van der Waals surface area contributed by atoms with Crippen LogP contribution in [0.25, 0.3) is 0 Å². The fourth-order valence-electron chi connectivity index (χ4n) is 2.48. The highest BCUT2D eigenvalue weighted by Crippen LogP contribution is 2.24. The first-order valence-electron chi connectivity index (χ1n) is 8.22. The van der Waals surface area contributed by atoms with Gasteiger partial charge in [0.15, 0.2) is 0 Å². The second-order valence-electron chi connectivity index (χ2n) is 5.79. The van der Waals surface area contributed by atoms with Gasteiger partial charge in [-0.15, -0.1) is 0 Å². The van der Waals surface area contributed by atoms with Crippen molar-refractivity contribution in [2.75, 3.05) is 17.1 Å². The molecule has 28 heavy (non-hydrogen) atoms. The highest BCUT2D eigenvalue weighted by Gasteiger charge is 2.17. The smallest absolute Gasteiger partial charge is 0.261 e. The number of hydrogen-bond acceptors (Lipinski definition) is 4. The Balaban J connectivity index is 1.83. The lowest BCUT2D eigenvalue weighted by Gasteiger charge is -2.11. The molecule has 0 fully saturated rings. The first kappa shape index (κ1) is 19.4. The number of carbonyl (C=O) groups is 1. The molecule has 3 aromatic rings. The Morgan fingerprint density at radius 1 is 0.964 bits per heavy atom. The van der Waals surface area contributed by atoms with Crippen molar-refractivity contribution in [1.29, 1.82) is 0 Å². The molecule has 0 spiro atoms. The lowest BCUT2D eigenvalue weighted by Crippen LogP contribution is -2.16. The lowest BCUT2D eigenvalue weighted by atomic mass is 10.2. The maximum absolute atomic E-state index is 13.0. The van der Waals surface area contributed by atoms with E-state index in [-0.39, 0.29) is 16.1 Å². The third kappa shape index (κ3) is 4.47. The number of hydrogen-bond donors (Lipinski definition) is 2. The van der Waals surface area contributed by atoms with Gasteiger partial charge in [-0.25, -0.2) is 12.8 Å². The van der Waals surface area contributed by atoms with Crippen LogP contribution in [0.5, 0.6) is 5.75 Å². The van der Waals surface area contributed by atoms with Gasteiger partial charge in [0.2, 0.25) is 0 Å². The molecular formula is C20H17FN2O4S. The molecule has 0 saturated heterocycles. The maximum Gasteiger partial charge on any atom is 0.261 e. The van der Waals surface area contributed by atoms with Crippen LogP contribution in [0.2, 0.25) is 0 Å². The van der Waals surface area contributed by atoms with Gasteiger partial charge in [-0.05, 0) is 54.6 Å². The molecule has 0 heterocycles. The van der Waals surface area contributed by atoms with Gasteiger partial charge in [0.25, 0.3) is 15.9 Å². The zero-order valence-electron chi connectivity index (χ0n) is 14.8. The standard InChI is InChI=1S/C20H17FN2O4S/c1-27-19-8-3-2-7-18(19)22-20(24)14-5-4-6-17(13-14)28(25,26)23-16-11-9-15(21)10-12-16/h2-13,23H,1H3,(H,22,24). The van der Waals surface area contributed by atoms with Gasteiger partial charge in [-0.2, -0.15) is 0 Å². The molecular weight excluding hydrogens is 383 g/mol. The third-order valence-electron chi connectivity index (χ3n) is 3.86. The summed E-state index contributed by atoms with van der Waals surface area (Å²) < 4.78 is 45.7. The molecule has 0 bridgehead atoms. The summed E-state index contributed by atoms with van der Waals surface area (Å²) in [5.74, 6) is -0.473. The molecule has 0 aliphatic carbocycles. The number of ether oxygens (including phenoxy) is 1. The van der Waals surface area contributed by atoms with E-state index in [1.807, 2.05) is 0 Å². The van der Waals surface area contributed by atoms with E-state index in [2.05, 4.69) is 10.0 Å². The zero-order chi connectivity index (χ0) is 20.1. The van der Waals surface area contributed by atoms with Crippen LogP contribution in [-0.4, -0.2) is 21.4 Å². The number of halogens is 1. The molecule has 2 N–H and O–H groups in total.